The van der Waals surface area contributed by atoms with E-state index < -0.39 is 22.5 Å². The third-order valence-electron chi connectivity index (χ3n) is 4.72. The lowest BCUT2D eigenvalue weighted by Crippen LogP contribution is -2.42. The Kier molecular flexibility index (Phi) is 8.01. The van der Waals surface area contributed by atoms with E-state index in [1.807, 2.05) is 42.3 Å². The first-order valence-corrected chi connectivity index (χ1v) is 12.0. The summed E-state index contributed by atoms with van der Waals surface area (Å²) in [6.45, 7) is 0.493. The fraction of sp³-hybridized carbons (Fsp3) is 0.174. The number of sulfonamides is 1. The summed E-state index contributed by atoms with van der Waals surface area (Å²) in [6, 6.07) is 22.1. The maximum absolute atomic E-state index is 13.3. The molecule has 0 aliphatic rings. The van der Waals surface area contributed by atoms with Gasteiger partial charge in [0.1, 0.15) is 6.54 Å². The van der Waals surface area contributed by atoms with Crippen molar-refractivity contribution in [3.63, 3.8) is 0 Å². The lowest BCUT2D eigenvalue weighted by atomic mass is 10.3. The third kappa shape index (κ3) is 6.16. The van der Waals surface area contributed by atoms with Gasteiger partial charge in [0.15, 0.2) is 0 Å². The van der Waals surface area contributed by atoms with Crippen LogP contribution in [0.15, 0.2) is 83.8 Å². The minimum absolute atomic E-state index is 0.0627. The zero-order valence-electron chi connectivity index (χ0n) is 17.4. The molecule has 0 fully saturated rings. The van der Waals surface area contributed by atoms with Crippen molar-refractivity contribution in [2.24, 2.45) is 0 Å². The molecule has 0 heterocycles. The minimum Gasteiger partial charge on any atom is -0.373 e. The van der Waals surface area contributed by atoms with Crippen LogP contribution < -0.4 is 14.5 Å². The lowest BCUT2D eigenvalue weighted by molar-refractivity contribution is -0.119. The molecule has 1 amide bonds. The fourth-order valence-electron chi connectivity index (χ4n) is 3.08. The molecule has 0 aromatic heterocycles. The largest absolute Gasteiger partial charge is 0.373 e. The van der Waals surface area contributed by atoms with Crippen LogP contribution in [0.5, 0.6) is 0 Å². The average molecular weight is 492 g/mol. The Labute approximate surface area is 198 Å². The van der Waals surface area contributed by atoms with Crippen molar-refractivity contribution in [3.05, 3.63) is 88.9 Å². The van der Waals surface area contributed by atoms with Gasteiger partial charge in [0.05, 0.1) is 10.6 Å². The van der Waals surface area contributed by atoms with Crippen molar-refractivity contribution in [2.45, 2.75) is 4.90 Å². The van der Waals surface area contributed by atoms with E-state index in [0.717, 1.165) is 9.99 Å². The Morgan fingerprint density at radius 1 is 0.875 bits per heavy atom. The number of carbonyl (C=O) groups is 1. The fourth-order valence-corrected chi connectivity index (χ4v) is 5.02. The topological polar surface area (TPSA) is 69.7 Å². The van der Waals surface area contributed by atoms with Gasteiger partial charge in [-0.15, -0.1) is 0 Å². The summed E-state index contributed by atoms with van der Waals surface area (Å²) in [5.41, 5.74) is 1.23. The molecule has 3 aromatic rings. The first-order valence-electron chi connectivity index (χ1n) is 9.84. The van der Waals surface area contributed by atoms with Crippen molar-refractivity contribution in [1.29, 1.82) is 0 Å². The molecular formula is C23H23Cl2N3O3S. The predicted octanol–water partition coefficient (Wildman–Crippen LogP) is 4.44. The summed E-state index contributed by atoms with van der Waals surface area (Å²) < 4.78 is 27.6. The molecule has 168 valence electrons. The van der Waals surface area contributed by atoms with E-state index in [4.69, 9.17) is 23.2 Å². The monoisotopic (exact) mass is 491 g/mol. The quantitative estimate of drug-likeness (QED) is 0.480. The highest BCUT2D eigenvalue weighted by molar-refractivity contribution is 7.92. The van der Waals surface area contributed by atoms with Crippen molar-refractivity contribution in [3.8, 4) is 0 Å². The van der Waals surface area contributed by atoms with Crippen LogP contribution in [0.2, 0.25) is 10.0 Å². The van der Waals surface area contributed by atoms with Crippen LogP contribution in [0.3, 0.4) is 0 Å². The second kappa shape index (κ2) is 10.7. The Balaban J connectivity index is 1.76. The van der Waals surface area contributed by atoms with Crippen LogP contribution in [0.1, 0.15) is 0 Å². The number of likely N-dealkylation sites (N-methyl/N-ethyl adjacent to an activating group) is 1. The summed E-state index contributed by atoms with van der Waals surface area (Å²) in [7, 11) is -2.10. The Bertz CT molecular complexity index is 1140. The molecule has 32 heavy (non-hydrogen) atoms. The van der Waals surface area contributed by atoms with Gasteiger partial charge in [0, 0.05) is 35.9 Å². The van der Waals surface area contributed by atoms with Crippen LogP contribution in [0, 0.1) is 0 Å². The number of hydrogen-bond acceptors (Lipinski definition) is 4. The zero-order chi connectivity index (χ0) is 23.1. The predicted molar refractivity (Wildman–Crippen MR) is 130 cm³/mol. The summed E-state index contributed by atoms with van der Waals surface area (Å²) in [6.07, 6.45) is 0. The first kappa shape index (κ1) is 23.9. The molecule has 6 nitrogen and oxygen atoms in total. The molecule has 1 N–H and O–H groups in total. The van der Waals surface area contributed by atoms with Gasteiger partial charge < -0.3 is 10.2 Å². The third-order valence-corrected chi connectivity index (χ3v) is 6.94. The molecule has 0 atom stereocenters. The van der Waals surface area contributed by atoms with Gasteiger partial charge in [0.25, 0.3) is 10.0 Å². The van der Waals surface area contributed by atoms with Gasteiger partial charge >= 0.3 is 0 Å². The van der Waals surface area contributed by atoms with Crippen molar-refractivity contribution < 1.29 is 13.2 Å². The minimum atomic E-state index is -4.02. The molecule has 3 rings (SSSR count). The zero-order valence-corrected chi connectivity index (χ0v) is 19.7. The molecule has 3 aromatic carbocycles. The van der Waals surface area contributed by atoms with Crippen molar-refractivity contribution >= 4 is 50.5 Å². The second-order valence-corrected chi connectivity index (χ2v) is 9.79. The number of para-hydroxylation sites is 1. The SMILES string of the molecule is CN(CCNC(=O)CN(c1cc(Cl)cc(Cl)c1)S(=O)(=O)c1ccccc1)c1ccccc1. The van der Waals surface area contributed by atoms with E-state index >= 15 is 0 Å². The molecular weight excluding hydrogens is 469 g/mol. The summed E-state index contributed by atoms with van der Waals surface area (Å²) in [5, 5.41) is 3.32. The number of benzene rings is 3. The lowest BCUT2D eigenvalue weighted by Gasteiger charge is -2.25. The van der Waals surface area contributed by atoms with Crippen LogP contribution in [-0.4, -0.2) is 41.0 Å². The number of nitrogens with zero attached hydrogens (tertiary/aromatic N) is 2. The molecule has 0 saturated heterocycles. The number of hydrogen-bond donors (Lipinski definition) is 1. The summed E-state index contributed by atoms with van der Waals surface area (Å²) >= 11 is 12.2. The van der Waals surface area contributed by atoms with Gasteiger partial charge in [-0.2, -0.15) is 0 Å². The van der Waals surface area contributed by atoms with Gasteiger partial charge in [-0.25, -0.2) is 8.42 Å². The second-order valence-electron chi connectivity index (χ2n) is 7.06. The highest BCUT2D eigenvalue weighted by Gasteiger charge is 2.27. The Morgan fingerprint density at radius 3 is 2.03 bits per heavy atom. The molecule has 0 unspecified atom stereocenters. The van der Waals surface area contributed by atoms with Gasteiger partial charge in [0.2, 0.25) is 5.91 Å². The number of anilines is 2. The molecule has 0 aliphatic carbocycles. The van der Waals surface area contributed by atoms with Crippen molar-refractivity contribution in [2.75, 3.05) is 35.9 Å². The molecule has 0 bridgehead atoms. The molecule has 0 saturated carbocycles. The first-order chi connectivity index (χ1) is 15.3. The number of carbonyl (C=O) groups excluding carboxylic acids is 1. The van der Waals surface area contributed by atoms with E-state index in [9.17, 15) is 13.2 Å². The Morgan fingerprint density at radius 2 is 1.44 bits per heavy atom. The van der Waals surface area contributed by atoms with E-state index in [-0.39, 0.29) is 20.6 Å². The summed E-state index contributed by atoms with van der Waals surface area (Å²) in [5.74, 6) is -0.443. The smallest absolute Gasteiger partial charge is 0.264 e. The van der Waals surface area contributed by atoms with Crippen molar-refractivity contribution in [1.82, 2.24) is 5.32 Å². The van der Waals surface area contributed by atoms with Crippen LogP contribution in [0.25, 0.3) is 0 Å². The summed E-state index contributed by atoms with van der Waals surface area (Å²) in [4.78, 5) is 14.7. The normalized spacial score (nSPS) is 11.1. The van der Waals surface area contributed by atoms with Crippen LogP contribution in [-0.2, 0) is 14.8 Å². The maximum atomic E-state index is 13.3. The molecule has 0 spiro atoms. The van der Waals surface area contributed by atoms with E-state index in [1.165, 1.54) is 30.3 Å². The number of halogens is 2. The molecule has 0 radical (unpaired) electrons. The molecule has 9 heteroatoms. The number of rotatable bonds is 9. The average Bonchev–Trinajstić information content (AvgIpc) is 2.77. The van der Waals surface area contributed by atoms with Gasteiger partial charge in [-0.05, 0) is 42.5 Å². The van der Waals surface area contributed by atoms with Crippen LogP contribution in [0.4, 0.5) is 11.4 Å². The highest BCUT2D eigenvalue weighted by atomic mass is 35.5. The van der Waals surface area contributed by atoms with E-state index in [2.05, 4.69) is 5.32 Å². The van der Waals surface area contributed by atoms with Gasteiger partial charge in [-0.3, -0.25) is 9.10 Å². The van der Waals surface area contributed by atoms with E-state index in [1.54, 1.807) is 18.2 Å². The highest BCUT2D eigenvalue weighted by Crippen LogP contribution is 2.29. The standard InChI is InChI=1S/C23H23Cl2N3O3S/c1-27(20-8-4-2-5-9-20)13-12-26-23(29)17-28(21-15-18(24)14-19(25)16-21)32(30,31)22-10-6-3-7-11-22/h2-11,14-16H,12-13,17H2,1H3,(H,26,29). The van der Waals surface area contributed by atoms with Gasteiger partial charge in [-0.1, -0.05) is 59.6 Å². The number of nitrogens with one attached hydrogen (secondary N) is 1. The van der Waals surface area contributed by atoms with E-state index in [0.29, 0.717) is 13.1 Å². The number of amides is 1. The van der Waals surface area contributed by atoms with Crippen LogP contribution >= 0.6 is 23.2 Å². The Hall–Kier alpha value is -2.74. The molecule has 0 aliphatic heterocycles. The maximum Gasteiger partial charge on any atom is 0.264 e.